The van der Waals surface area contributed by atoms with Crippen LogP contribution in [0.2, 0.25) is 0 Å². The van der Waals surface area contributed by atoms with Crippen molar-refractivity contribution in [2.24, 2.45) is 0 Å². The van der Waals surface area contributed by atoms with Crippen molar-refractivity contribution < 1.29 is 9.53 Å². The third kappa shape index (κ3) is 4.93. The summed E-state index contributed by atoms with van der Waals surface area (Å²) < 4.78 is 5.43. The van der Waals surface area contributed by atoms with E-state index in [1.165, 1.54) is 21.6 Å². The number of nitrogens with zero attached hydrogens (tertiary/aromatic N) is 1. The van der Waals surface area contributed by atoms with Crippen molar-refractivity contribution in [1.82, 2.24) is 10.2 Å². The average molecular weight is 373 g/mol. The first-order valence-electron chi connectivity index (χ1n) is 9.41. The Balaban J connectivity index is 1.62. The second kappa shape index (κ2) is 9.31. The predicted molar refractivity (Wildman–Crippen MR) is 107 cm³/mol. The van der Waals surface area contributed by atoms with E-state index >= 15 is 0 Å². The Morgan fingerprint density at radius 2 is 1.92 bits per heavy atom. The summed E-state index contributed by atoms with van der Waals surface area (Å²) in [4.78, 5) is 17.0. The molecule has 0 radical (unpaired) electrons. The summed E-state index contributed by atoms with van der Waals surface area (Å²) in [7, 11) is 0. The van der Waals surface area contributed by atoms with Crippen molar-refractivity contribution >= 4 is 17.2 Å². The maximum absolute atomic E-state index is 12.6. The van der Waals surface area contributed by atoms with Crippen molar-refractivity contribution in [3.8, 4) is 0 Å². The molecule has 2 aromatic rings. The highest BCUT2D eigenvalue weighted by atomic mass is 32.1. The Morgan fingerprint density at radius 1 is 1.19 bits per heavy atom. The van der Waals surface area contributed by atoms with Crippen LogP contribution < -0.4 is 5.32 Å². The predicted octanol–water partition coefficient (Wildman–Crippen LogP) is 3.77. The molecular weight excluding hydrogens is 344 g/mol. The van der Waals surface area contributed by atoms with Gasteiger partial charge < -0.3 is 10.1 Å². The Hall–Kier alpha value is -1.69. The SMILES string of the molecule is CCCc1cc(C(=O)NCc2ccccc2CN2CCOCC2)sc1C. The molecule has 0 spiro atoms. The summed E-state index contributed by atoms with van der Waals surface area (Å²) in [5.41, 5.74) is 3.77. The molecule has 1 aliphatic rings. The fourth-order valence-corrected chi connectivity index (χ4v) is 4.28. The average Bonchev–Trinajstić information content (AvgIpc) is 3.03. The van der Waals surface area contributed by atoms with Crippen LogP contribution in [0.5, 0.6) is 0 Å². The van der Waals surface area contributed by atoms with Gasteiger partial charge in [-0.05, 0) is 36.1 Å². The lowest BCUT2D eigenvalue weighted by Crippen LogP contribution is -2.36. The number of carbonyl (C=O) groups excluding carboxylic acids is 1. The van der Waals surface area contributed by atoms with E-state index in [1.807, 2.05) is 6.07 Å². The molecule has 1 N–H and O–H groups in total. The van der Waals surface area contributed by atoms with E-state index in [9.17, 15) is 4.79 Å². The highest BCUT2D eigenvalue weighted by molar-refractivity contribution is 7.14. The molecule has 140 valence electrons. The van der Waals surface area contributed by atoms with Crippen LogP contribution in [0.3, 0.4) is 0 Å². The number of hydrogen-bond acceptors (Lipinski definition) is 4. The number of nitrogens with one attached hydrogen (secondary N) is 1. The molecule has 1 amide bonds. The first kappa shape index (κ1) is 19.1. The smallest absolute Gasteiger partial charge is 0.261 e. The van der Waals surface area contributed by atoms with Gasteiger partial charge in [0.2, 0.25) is 0 Å². The van der Waals surface area contributed by atoms with Crippen molar-refractivity contribution in [3.63, 3.8) is 0 Å². The van der Waals surface area contributed by atoms with Crippen molar-refractivity contribution in [2.75, 3.05) is 26.3 Å². The summed E-state index contributed by atoms with van der Waals surface area (Å²) in [6, 6.07) is 10.4. The van der Waals surface area contributed by atoms with Crippen LogP contribution in [0.25, 0.3) is 0 Å². The van der Waals surface area contributed by atoms with E-state index in [4.69, 9.17) is 4.74 Å². The standard InChI is InChI=1S/C21H28N2O2S/c1-3-6-17-13-20(26-16(17)2)21(24)22-14-18-7-4-5-8-19(18)15-23-9-11-25-12-10-23/h4-5,7-8,13H,3,6,9-12,14-15H2,1-2H3,(H,22,24). The van der Waals surface area contributed by atoms with Gasteiger partial charge in [0.05, 0.1) is 18.1 Å². The van der Waals surface area contributed by atoms with E-state index in [1.54, 1.807) is 11.3 Å². The number of carbonyl (C=O) groups is 1. The van der Waals surface area contributed by atoms with Gasteiger partial charge in [0.15, 0.2) is 0 Å². The number of aryl methyl sites for hydroxylation is 2. The molecule has 0 unspecified atom stereocenters. The van der Waals surface area contributed by atoms with E-state index < -0.39 is 0 Å². The van der Waals surface area contributed by atoms with Gasteiger partial charge in [0, 0.05) is 31.1 Å². The quantitative estimate of drug-likeness (QED) is 0.804. The van der Waals surface area contributed by atoms with Crippen LogP contribution in [0.4, 0.5) is 0 Å². The summed E-state index contributed by atoms with van der Waals surface area (Å²) in [5.74, 6) is 0.0293. The van der Waals surface area contributed by atoms with Gasteiger partial charge in [-0.1, -0.05) is 37.6 Å². The highest BCUT2D eigenvalue weighted by Crippen LogP contribution is 2.23. The molecule has 3 rings (SSSR count). The molecule has 1 saturated heterocycles. The van der Waals surface area contributed by atoms with Gasteiger partial charge in [-0.25, -0.2) is 0 Å². The second-order valence-corrected chi connectivity index (χ2v) is 8.04. The van der Waals surface area contributed by atoms with Crippen LogP contribution in [-0.4, -0.2) is 37.1 Å². The molecule has 0 bridgehead atoms. The number of benzene rings is 1. The zero-order valence-corrected chi connectivity index (χ0v) is 16.5. The van der Waals surface area contributed by atoms with Gasteiger partial charge in [-0.15, -0.1) is 11.3 Å². The third-order valence-electron chi connectivity index (χ3n) is 4.82. The molecule has 1 aromatic carbocycles. The molecule has 0 aliphatic carbocycles. The van der Waals surface area contributed by atoms with E-state index in [2.05, 4.69) is 48.3 Å². The van der Waals surface area contributed by atoms with Gasteiger partial charge in [0.1, 0.15) is 0 Å². The topological polar surface area (TPSA) is 41.6 Å². The number of hydrogen-bond donors (Lipinski definition) is 1. The number of morpholine rings is 1. The molecule has 2 heterocycles. The van der Waals surface area contributed by atoms with Crippen LogP contribution >= 0.6 is 11.3 Å². The lowest BCUT2D eigenvalue weighted by Gasteiger charge is -2.27. The maximum atomic E-state index is 12.6. The number of ether oxygens (including phenoxy) is 1. The molecule has 26 heavy (non-hydrogen) atoms. The van der Waals surface area contributed by atoms with Crippen LogP contribution in [0, 0.1) is 6.92 Å². The van der Waals surface area contributed by atoms with Gasteiger partial charge in [-0.2, -0.15) is 0 Å². The fourth-order valence-electron chi connectivity index (χ4n) is 3.30. The normalized spacial score (nSPS) is 15.2. The Labute approximate surface area is 160 Å². The lowest BCUT2D eigenvalue weighted by atomic mass is 10.1. The Morgan fingerprint density at radius 3 is 2.65 bits per heavy atom. The summed E-state index contributed by atoms with van der Waals surface area (Å²) >= 11 is 1.60. The van der Waals surface area contributed by atoms with Crippen LogP contribution in [-0.2, 0) is 24.2 Å². The second-order valence-electron chi connectivity index (χ2n) is 6.78. The summed E-state index contributed by atoms with van der Waals surface area (Å²) in [6.45, 7) is 9.29. The maximum Gasteiger partial charge on any atom is 0.261 e. The molecule has 1 fully saturated rings. The van der Waals surface area contributed by atoms with Gasteiger partial charge >= 0.3 is 0 Å². The minimum atomic E-state index is 0.0293. The number of thiophene rings is 1. The summed E-state index contributed by atoms with van der Waals surface area (Å²) in [6.07, 6.45) is 2.14. The molecular formula is C21H28N2O2S. The largest absolute Gasteiger partial charge is 0.379 e. The molecule has 1 aliphatic heterocycles. The lowest BCUT2D eigenvalue weighted by molar-refractivity contribution is 0.0340. The number of rotatable bonds is 7. The molecule has 0 saturated carbocycles. The van der Waals surface area contributed by atoms with E-state index in [-0.39, 0.29) is 5.91 Å². The van der Waals surface area contributed by atoms with Crippen molar-refractivity contribution in [2.45, 2.75) is 39.8 Å². The van der Waals surface area contributed by atoms with E-state index in [0.717, 1.165) is 50.6 Å². The van der Waals surface area contributed by atoms with Crippen LogP contribution in [0.15, 0.2) is 30.3 Å². The van der Waals surface area contributed by atoms with Crippen molar-refractivity contribution in [1.29, 1.82) is 0 Å². The van der Waals surface area contributed by atoms with Crippen LogP contribution in [0.1, 0.15) is 44.6 Å². The minimum Gasteiger partial charge on any atom is -0.379 e. The van der Waals surface area contributed by atoms with Gasteiger partial charge in [0.25, 0.3) is 5.91 Å². The Bertz CT molecular complexity index is 735. The first-order valence-corrected chi connectivity index (χ1v) is 10.2. The molecule has 5 heteroatoms. The zero-order chi connectivity index (χ0) is 18.4. The molecule has 0 atom stereocenters. The fraction of sp³-hybridized carbons (Fsp3) is 0.476. The van der Waals surface area contributed by atoms with Gasteiger partial charge in [-0.3, -0.25) is 9.69 Å². The van der Waals surface area contributed by atoms with E-state index in [0.29, 0.717) is 6.54 Å². The van der Waals surface area contributed by atoms with Crippen molar-refractivity contribution in [3.05, 3.63) is 56.8 Å². The third-order valence-corrected chi connectivity index (χ3v) is 5.91. The zero-order valence-electron chi connectivity index (χ0n) is 15.7. The summed E-state index contributed by atoms with van der Waals surface area (Å²) in [5, 5.41) is 3.10. The first-order chi connectivity index (χ1) is 12.7. The monoisotopic (exact) mass is 372 g/mol. The molecule has 1 aromatic heterocycles. The Kier molecular flexibility index (Phi) is 6.83. The minimum absolute atomic E-state index is 0.0293. The number of amides is 1. The molecule has 4 nitrogen and oxygen atoms in total. The highest BCUT2D eigenvalue weighted by Gasteiger charge is 2.15.